The van der Waals surface area contributed by atoms with Crippen molar-refractivity contribution < 1.29 is 14.6 Å². The normalized spacial score (nSPS) is 26.0. The van der Waals surface area contributed by atoms with Crippen LogP contribution in [0.1, 0.15) is 12.8 Å². The van der Waals surface area contributed by atoms with Gasteiger partial charge in [0.1, 0.15) is 0 Å². The van der Waals surface area contributed by atoms with Crippen molar-refractivity contribution in [1.82, 2.24) is 4.67 Å². The first-order valence-corrected chi connectivity index (χ1v) is 6.10. The number of nitrogens with zero attached hydrogens (tertiary/aromatic N) is 1. The van der Waals surface area contributed by atoms with Gasteiger partial charge in [0.15, 0.2) is 0 Å². The Morgan fingerprint density at radius 1 is 1.67 bits per heavy atom. The Hall–Kier alpha value is -0.0000000000000000833. The van der Waals surface area contributed by atoms with Crippen molar-refractivity contribution in [2.45, 2.75) is 18.9 Å². The third-order valence-electron chi connectivity index (χ3n) is 1.87. The van der Waals surface area contributed by atoms with Gasteiger partial charge in [-0.25, -0.2) is 0 Å². The van der Waals surface area contributed by atoms with Crippen LogP contribution in [-0.4, -0.2) is 23.2 Å². The third-order valence-corrected chi connectivity index (χ3v) is 3.60. The van der Waals surface area contributed by atoms with Gasteiger partial charge >= 0.3 is 0 Å². The highest BCUT2D eigenvalue weighted by Gasteiger charge is 2.28. The van der Waals surface area contributed by atoms with Gasteiger partial charge < -0.3 is 15.5 Å². The molecule has 0 aromatic carbocycles. The minimum Gasteiger partial charge on any atom is -0.821 e. The molecule has 0 saturated carbocycles. The summed E-state index contributed by atoms with van der Waals surface area (Å²) in [5.41, 5.74) is 5.00. The molecule has 1 unspecified atom stereocenters. The molecule has 0 bridgehead atoms. The first-order valence-electron chi connectivity index (χ1n) is 3.51. The van der Waals surface area contributed by atoms with E-state index in [0.717, 1.165) is 4.67 Å². The molecule has 1 fully saturated rings. The molecule has 0 spiro atoms. The molecule has 1 atom stereocenters. The van der Waals surface area contributed by atoms with Crippen LogP contribution in [0.25, 0.3) is 0 Å². The molecular formula is C5H9N2O3PS-2. The van der Waals surface area contributed by atoms with Gasteiger partial charge in [0.05, 0.1) is 6.04 Å². The van der Waals surface area contributed by atoms with Gasteiger partial charge in [-0.1, -0.05) is 0 Å². The van der Waals surface area contributed by atoms with E-state index in [0.29, 0.717) is 19.4 Å². The molecule has 0 aromatic heterocycles. The number of amides is 1. The average molecular weight is 208 g/mol. The maximum Gasteiger partial charge on any atom is 0.235 e. The zero-order valence-electron chi connectivity index (χ0n) is 6.30. The monoisotopic (exact) mass is 208 g/mol. The molecule has 1 aliphatic rings. The third kappa shape index (κ3) is 2.02. The number of nitrogens with two attached hydrogens (primary N) is 1. The molecule has 0 aliphatic carbocycles. The second kappa shape index (κ2) is 3.40. The number of primary amides is 1. The molecule has 12 heavy (non-hydrogen) atoms. The van der Waals surface area contributed by atoms with E-state index in [2.05, 4.69) is 11.8 Å². The Labute approximate surface area is 75.4 Å². The van der Waals surface area contributed by atoms with E-state index in [-0.39, 0.29) is 0 Å². The minimum atomic E-state index is -3.96. The Morgan fingerprint density at radius 3 is 2.58 bits per heavy atom. The smallest absolute Gasteiger partial charge is 0.235 e. The fraction of sp³-hybridized carbons (Fsp3) is 0.800. The number of carbonyl (C=O) groups is 1. The lowest BCUT2D eigenvalue weighted by molar-refractivity contribution is -0.309. The van der Waals surface area contributed by atoms with Gasteiger partial charge in [-0.15, -0.1) is 18.4 Å². The van der Waals surface area contributed by atoms with Crippen LogP contribution < -0.4 is 15.5 Å². The molecule has 1 aliphatic heterocycles. The maximum absolute atomic E-state index is 10.9. The van der Waals surface area contributed by atoms with Crippen molar-refractivity contribution in [1.29, 1.82) is 0 Å². The van der Waals surface area contributed by atoms with Crippen molar-refractivity contribution in [3.05, 3.63) is 0 Å². The highest BCUT2D eigenvalue weighted by molar-refractivity contribution is 8.06. The van der Waals surface area contributed by atoms with Gasteiger partial charge in [0.25, 0.3) is 0 Å². The second-order valence-corrected chi connectivity index (χ2v) is 5.53. The highest BCUT2D eigenvalue weighted by Crippen LogP contribution is 2.38. The van der Waals surface area contributed by atoms with Crippen LogP contribution in [0.15, 0.2) is 0 Å². The lowest BCUT2D eigenvalue weighted by Gasteiger charge is -2.46. The summed E-state index contributed by atoms with van der Waals surface area (Å²) >= 11 is 4.26. The van der Waals surface area contributed by atoms with E-state index in [1.807, 2.05) is 0 Å². The number of hydrogen-bond donors (Lipinski definition) is 1. The molecular weight excluding hydrogens is 199 g/mol. The van der Waals surface area contributed by atoms with Crippen molar-refractivity contribution in [2.75, 3.05) is 6.54 Å². The lowest BCUT2D eigenvalue weighted by Crippen LogP contribution is -2.43. The summed E-state index contributed by atoms with van der Waals surface area (Å²) in [4.78, 5) is 32.6. The fourth-order valence-electron chi connectivity index (χ4n) is 1.33. The van der Waals surface area contributed by atoms with Crippen LogP contribution in [-0.2, 0) is 16.6 Å². The van der Waals surface area contributed by atoms with Crippen LogP contribution in [0.3, 0.4) is 0 Å². The summed E-state index contributed by atoms with van der Waals surface area (Å²) in [6.45, 7) is -3.64. The van der Waals surface area contributed by atoms with Gasteiger partial charge in [-0.3, -0.25) is 9.46 Å². The zero-order valence-corrected chi connectivity index (χ0v) is 8.01. The molecule has 1 rings (SSSR count). The topological polar surface area (TPSA) is 92.5 Å². The Morgan fingerprint density at radius 2 is 2.25 bits per heavy atom. The molecule has 70 valence electrons. The van der Waals surface area contributed by atoms with Gasteiger partial charge in [-0.2, -0.15) is 0 Å². The minimum absolute atomic E-state index is 0.317. The van der Waals surface area contributed by atoms with Gasteiger partial charge in [0, 0.05) is 6.54 Å². The Bertz CT molecular complexity index is 241. The Balaban J connectivity index is 2.78. The predicted molar refractivity (Wildman–Crippen MR) is 43.2 cm³/mol. The standard InChI is InChI=1S/C5H11N2O3PS/c6-5(8)4-2-1-3-7(4)11(9,10)12/h4H,1-3H2,(H2,6,8)(H2,9,10,12)/p-2. The van der Waals surface area contributed by atoms with Crippen LogP contribution in [0.4, 0.5) is 0 Å². The van der Waals surface area contributed by atoms with Crippen molar-refractivity contribution >= 4 is 24.4 Å². The molecule has 7 heteroatoms. The second-order valence-electron chi connectivity index (χ2n) is 2.69. The zero-order chi connectivity index (χ0) is 9.35. The van der Waals surface area contributed by atoms with E-state index in [1.165, 1.54) is 0 Å². The predicted octanol–water partition coefficient (Wildman–Crippen LogP) is -2.12. The molecule has 5 nitrogen and oxygen atoms in total. The molecule has 0 aromatic rings. The van der Waals surface area contributed by atoms with E-state index in [4.69, 9.17) is 5.73 Å². The summed E-state index contributed by atoms with van der Waals surface area (Å²) in [7, 11) is 0. The van der Waals surface area contributed by atoms with Gasteiger partial charge in [-0.05, 0) is 12.8 Å². The van der Waals surface area contributed by atoms with Crippen LogP contribution >= 0.6 is 6.64 Å². The largest absolute Gasteiger partial charge is 0.821 e. The number of carbonyl (C=O) groups excluding carboxylic acids is 1. The summed E-state index contributed by atoms with van der Waals surface area (Å²) < 4.78 is 1.00. The molecule has 0 radical (unpaired) electrons. The number of hydrogen-bond acceptors (Lipinski definition) is 4. The van der Waals surface area contributed by atoms with Crippen molar-refractivity contribution in [2.24, 2.45) is 5.73 Å². The van der Waals surface area contributed by atoms with E-state index < -0.39 is 18.6 Å². The molecule has 1 saturated heterocycles. The van der Waals surface area contributed by atoms with Crippen molar-refractivity contribution in [3.63, 3.8) is 0 Å². The lowest BCUT2D eigenvalue weighted by atomic mass is 10.2. The maximum atomic E-state index is 10.9. The van der Waals surface area contributed by atoms with Crippen LogP contribution in [0.5, 0.6) is 0 Å². The summed E-state index contributed by atoms with van der Waals surface area (Å²) in [5.74, 6) is -0.617. The van der Waals surface area contributed by atoms with E-state index >= 15 is 0 Å². The SMILES string of the molecule is NC(=O)C1CCCN1P([O-])([O-])=S. The summed E-state index contributed by atoms with van der Waals surface area (Å²) in [5, 5.41) is 0. The molecule has 2 N–H and O–H groups in total. The molecule has 1 amide bonds. The highest BCUT2D eigenvalue weighted by atomic mass is 32.5. The number of rotatable bonds is 2. The van der Waals surface area contributed by atoms with Crippen LogP contribution in [0.2, 0.25) is 0 Å². The van der Waals surface area contributed by atoms with E-state index in [1.54, 1.807) is 0 Å². The first kappa shape index (κ1) is 10.1. The fourth-order valence-corrected chi connectivity index (χ4v) is 2.88. The van der Waals surface area contributed by atoms with E-state index in [9.17, 15) is 14.6 Å². The summed E-state index contributed by atoms with van der Waals surface area (Å²) in [6, 6.07) is -0.717. The average Bonchev–Trinajstić information content (AvgIpc) is 2.30. The van der Waals surface area contributed by atoms with Gasteiger partial charge in [0.2, 0.25) is 5.91 Å². The quantitative estimate of drug-likeness (QED) is 0.524. The molecule has 1 heterocycles. The van der Waals surface area contributed by atoms with Crippen molar-refractivity contribution in [3.8, 4) is 0 Å². The van der Waals surface area contributed by atoms with Crippen LogP contribution in [0, 0.1) is 0 Å². The summed E-state index contributed by atoms with van der Waals surface area (Å²) in [6.07, 6.45) is 1.13. The first-order chi connectivity index (χ1) is 5.43. The Kier molecular flexibility index (Phi) is 2.85.